The van der Waals surface area contributed by atoms with Crippen molar-refractivity contribution in [3.8, 4) is 0 Å². The third kappa shape index (κ3) is 15.5. The molecular formula is C57H102N4O7. The van der Waals surface area contributed by atoms with Gasteiger partial charge in [0.2, 0.25) is 5.91 Å². The van der Waals surface area contributed by atoms with Gasteiger partial charge in [0.05, 0.1) is 23.6 Å². The van der Waals surface area contributed by atoms with E-state index in [1.54, 1.807) is 0 Å². The Labute approximate surface area is 414 Å². The minimum atomic E-state index is -0.741. The van der Waals surface area contributed by atoms with Gasteiger partial charge in [0.15, 0.2) is 11.6 Å². The second kappa shape index (κ2) is 27.3. The zero-order valence-corrected chi connectivity index (χ0v) is 45.4. The molecule has 11 nitrogen and oxygen atoms in total. The lowest BCUT2D eigenvalue weighted by Crippen LogP contribution is -2.63. The molecule has 4 aliphatic carbocycles. The molecule has 4 fully saturated rings. The van der Waals surface area contributed by atoms with Crippen LogP contribution in [0.3, 0.4) is 0 Å². The first-order valence-corrected chi connectivity index (χ1v) is 28.5. The fraction of sp³-hybridized carbons (Fsp3) is 0.912. The van der Waals surface area contributed by atoms with Crippen LogP contribution in [-0.2, 0) is 28.7 Å². The molecule has 0 heterocycles. The summed E-state index contributed by atoms with van der Waals surface area (Å²) in [4.78, 5) is 71.1. The Hall–Kier alpha value is -2.53. The van der Waals surface area contributed by atoms with Crippen LogP contribution >= 0.6 is 0 Å². The number of carbonyl (C=O) groups is 5. The number of alkyl carbamates (subject to hydrolysis) is 1. The molecule has 4 rings (SSSR count). The van der Waals surface area contributed by atoms with E-state index in [0.717, 1.165) is 135 Å². The predicted molar refractivity (Wildman–Crippen MR) is 275 cm³/mol. The summed E-state index contributed by atoms with van der Waals surface area (Å²) in [5.41, 5.74) is -2.39. The molecule has 68 heavy (non-hydrogen) atoms. The lowest BCUT2D eigenvalue weighted by Gasteiger charge is -2.47. The summed E-state index contributed by atoms with van der Waals surface area (Å²) in [7, 11) is 0. The highest BCUT2D eigenvalue weighted by atomic mass is 16.6. The molecule has 1 unspecified atom stereocenters. The average molecular weight is 955 g/mol. The number of hydrogen-bond donors (Lipinski definition) is 4. The zero-order valence-electron chi connectivity index (χ0n) is 45.4. The van der Waals surface area contributed by atoms with E-state index in [0.29, 0.717) is 45.3 Å². The number of hydrogen-bond acceptors (Lipinski definition) is 9. The van der Waals surface area contributed by atoms with Gasteiger partial charge in [-0.05, 0) is 147 Å². The quantitative estimate of drug-likeness (QED) is 0.0490. The third-order valence-corrected chi connectivity index (χ3v) is 17.7. The molecule has 0 aromatic rings. The van der Waals surface area contributed by atoms with Crippen LogP contribution < -0.4 is 21.3 Å². The number of ether oxygens (including phenoxy) is 2. The van der Waals surface area contributed by atoms with Gasteiger partial charge in [-0.1, -0.05) is 113 Å². The van der Waals surface area contributed by atoms with Crippen LogP contribution in [0.2, 0.25) is 0 Å². The van der Waals surface area contributed by atoms with Gasteiger partial charge in [0.25, 0.3) is 0 Å². The first kappa shape index (κ1) is 58.0. The van der Waals surface area contributed by atoms with Gasteiger partial charge in [-0.25, -0.2) is 4.79 Å². The summed E-state index contributed by atoms with van der Waals surface area (Å²) in [5.74, 6) is 0.228. The molecule has 11 heteroatoms. The monoisotopic (exact) mass is 955 g/mol. The zero-order chi connectivity index (χ0) is 50.1. The van der Waals surface area contributed by atoms with Gasteiger partial charge in [0.1, 0.15) is 5.60 Å². The number of ketones is 2. The lowest BCUT2D eigenvalue weighted by atomic mass is 9.66. The van der Waals surface area contributed by atoms with Crippen molar-refractivity contribution in [3.05, 3.63) is 0 Å². The summed E-state index contributed by atoms with van der Waals surface area (Å²) < 4.78 is 11.4. The fourth-order valence-electron chi connectivity index (χ4n) is 13.5. The third-order valence-electron chi connectivity index (χ3n) is 17.7. The molecule has 0 aliphatic heterocycles. The SMILES string of the molecule is CCCCOC(=O)[C@@H](CC)[C@@H]1CCCC[C@@H]1NC(C)(CC)C(=O)[C@@H](CC)[C@@H]1CCCC[C@@H]1NC(CC)(CC)C(=O)[C@@H](CC)[C@@H]1CCCC[C@@H]1NC(=O)CC1(CNC(=O)OC(C)(C)C)CCCCC1. The van der Waals surface area contributed by atoms with E-state index in [1.165, 1.54) is 0 Å². The Bertz CT molecular complexity index is 1580. The first-order chi connectivity index (χ1) is 32.4. The molecule has 0 saturated heterocycles. The second-order valence-corrected chi connectivity index (χ2v) is 23.4. The number of amides is 2. The minimum Gasteiger partial charge on any atom is -0.465 e. The minimum absolute atomic E-state index is 0.0236. The molecule has 0 aromatic heterocycles. The van der Waals surface area contributed by atoms with Gasteiger partial charge < -0.3 is 30.7 Å². The Morgan fingerprint density at radius 2 is 1.09 bits per heavy atom. The Morgan fingerprint density at radius 3 is 1.60 bits per heavy atom. The maximum Gasteiger partial charge on any atom is 0.407 e. The first-order valence-electron chi connectivity index (χ1n) is 28.5. The number of esters is 1. The molecule has 0 radical (unpaired) electrons. The highest BCUT2D eigenvalue weighted by Gasteiger charge is 2.50. The van der Waals surface area contributed by atoms with Crippen molar-refractivity contribution in [1.29, 1.82) is 0 Å². The van der Waals surface area contributed by atoms with Gasteiger partial charge in [0, 0.05) is 42.9 Å². The maximum atomic E-state index is 15.5. The summed E-state index contributed by atoms with van der Waals surface area (Å²) in [6, 6.07) is 0.0223. The second-order valence-electron chi connectivity index (χ2n) is 23.4. The largest absolute Gasteiger partial charge is 0.465 e. The molecule has 0 spiro atoms. The van der Waals surface area contributed by atoms with E-state index in [9.17, 15) is 14.4 Å². The normalized spacial score (nSPS) is 26.9. The average Bonchev–Trinajstić information content (AvgIpc) is 3.32. The topological polar surface area (TPSA) is 152 Å². The number of nitrogens with one attached hydrogen (secondary N) is 4. The molecule has 0 aromatic carbocycles. The van der Waals surface area contributed by atoms with E-state index >= 15 is 9.59 Å². The van der Waals surface area contributed by atoms with Crippen molar-refractivity contribution >= 4 is 29.5 Å². The summed E-state index contributed by atoms with van der Waals surface area (Å²) in [5, 5.41) is 14.6. The number of unbranched alkanes of at least 4 members (excludes halogenated alkanes) is 1. The number of Topliss-reactive ketones (excluding diaryl/α,β-unsaturated/α-hetero) is 2. The molecule has 2 amide bonds. The maximum absolute atomic E-state index is 15.5. The molecular weight excluding hydrogens is 853 g/mol. The summed E-state index contributed by atoms with van der Waals surface area (Å²) >= 11 is 0. The van der Waals surface area contributed by atoms with Crippen molar-refractivity contribution < 1.29 is 33.4 Å². The molecule has 0 bridgehead atoms. The number of rotatable bonds is 26. The van der Waals surface area contributed by atoms with Crippen molar-refractivity contribution in [1.82, 2.24) is 21.3 Å². The van der Waals surface area contributed by atoms with Crippen LogP contribution in [0.4, 0.5) is 4.79 Å². The highest BCUT2D eigenvalue weighted by Crippen LogP contribution is 2.43. The van der Waals surface area contributed by atoms with Crippen LogP contribution in [0.15, 0.2) is 0 Å². The van der Waals surface area contributed by atoms with Gasteiger partial charge in [-0.15, -0.1) is 0 Å². The van der Waals surface area contributed by atoms with E-state index < -0.39 is 22.8 Å². The molecule has 4 aliphatic rings. The van der Waals surface area contributed by atoms with Crippen LogP contribution in [0.1, 0.15) is 243 Å². The van der Waals surface area contributed by atoms with Crippen molar-refractivity contribution in [3.63, 3.8) is 0 Å². The van der Waals surface area contributed by atoms with E-state index in [2.05, 4.69) is 76.7 Å². The van der Waals surface area contributed by atoms with Gasteiger partial charge in [-0.3, -0.25) is 19.2 Å². The predicted octanol–water partition coefficient (Wildman–Crippen LogP) is 12.1. The summed E-state index contributed by atoms with van der Waals surface area (Å²) in [6.07, 6.45) is 22.9. The van der Waals surface area contributed by atoms with Crippen molar-refractivity contribution in [2.24, 2.45) is 40.9 Å². The molecule has 4 saturated carbocycles. The van der Waals surface area contributed by atoms with Crippen LogP contribution in [0.25, 0.3) is 0 Å². The fourth-order valence-corrected chi connectivity index (χ4v) is 13.5. The number of carbonyl (C=O) groups excluding carboxylic acids is 5. The molecule has 10 atom stereocenters. The Kier molecular flexibility index (Phi) is 23.3. The van der Waals surface area contributed by atoms with Gasteiger partial charge >= 0.3 is 12.1 Å². The van der Waals surface area contributed by atoms with Crippen molar-refractivity contribution in [2.75, 3.05) is 13.2 Å². The van der Waals surface area contributed by atoms with Crippen molar-refractivity contribution in [2.45, 2.75) is 278 Å². The molecule has 392 valence electrons. The van der Waals surface area contributed by atoms with E-state index in [4.69, 9.17) is 9.47 Å². The summed E-state index contributed by atoms with van der Waals surface area (Å²) in [6.45, 7) is 23.5. The van der Waals surface area contributed by atoms with E-state index in [-0.39, 0.29) is 82.5 Å². The van der Waals surface area contributed by atoms with Crippen LogP contribution in [0.5, 0.6) is 0 Å². The Balaban J connectivity index is 1.52. The van der Waals surface area contributed by atoms with Gasteiger partial charge in [-0.2, -0.15) is 0 Å². The van der Waals surface area contributed by atoms with Crippen LogP contribution in [0, 0.1) is 40.9 Å². The van der Waals surface area contributed by atoms with E-state index in [1.807, 2.05) is 20.8 Å². The lowest BCUT2D eigenvalue weighted by molar-refractivity contribution is -0.152. The standard InChI is InChI=1S/C57H102N4O7/c1-12-19-37-67-52(65)42(15-4)45-31-23-25-33-47(45)60-55(11,16-5)50(63)40(13-2)44-30-22-26-34-48(44)61-57(17-6,18-7)51(64)41(14-3)43-29-21-24-32-46(43)59-49(62)38-56(35-27-20-28-36-56)39-58-53(66)68-54(8,9)10/h40-48,60-61H,12-39H2,1-11H3,(H,58,66)(H,59,62)/t40-,41-,42-,43-,44-,45-,46-,47-,48-,55?/m0/s1. The highest BCUT2D eigenvalue weighted by molar-refractivity contribution is 5.92. The Morgan fingerprint density at radius 1 is 0.588 bits per heavy atom. The molecule has 4 N–H and O–H groups in total. The smallest absolute Gasteiger partial charge is 0.407 e. The van der Waals surface area contributed by atoms with Crippen LogP contribution in [-0.4, -0.2) is 77.5 Å².